The van der Waals surface area contributed by atoms with Gasteiger partial charge in [0.15, 0.2) is 0 Å². The third-order valence-corrected chi connectivity index (χ3v) is 5.34. The standard InChI is InChI=1S/C19H32N4O2/c24-19(20-13-7-15-25-17-10-5-2-6-11-17)22-18-12-14-21-23(18)16-8-3-1-4-9-16/h12,14,16-17H,1-11,13,15H2,(H2,20,22,24). The molecule has 140 valence electrons. The summed E-state index contributed by atoms with van der Waals surface area (Å²) < 4.78 is 7.86. The number of hydrogen-bond donors (Lipinski definition) is 2. The van der Waals surface area contributed by atoms with Crippen LogP contribution in [-0.4, -0.2) is 35.1 Å². The molecule has 0 aromatic carbocycles. The number of nitrogens with one attached hydrogen (secondary N) is 2. The lowest BCUT2D eigenvalue weighted by molar-refractivity contribution is 0.0276. The van der Waals surface area contributed by atoms with Crippen molar-refractivity contribution in [2.45, 2.75) is 82.8 Å². The second-order valence-electron chi connectivity index (χ2n) is 7.32. The molecule has 2 aliphatic rings. The summed E-state index contributed by atoms with van der Waals surface area (Å²) in [5.74, 6) is 0.794. The maximum Gasteiger partial charge on any atom is 0.320 e. The topological polar surface area (TPSA) is 68.2 Å². The molecule has 1 aromatic rings. The van der Waals surface area contributed by atoms with Crippen molar-refractivity contribution in [3.05, 3.63) is 12.3 Å². The highest BCUT2D eigenvalue weighted by Crippen LogP contribution is 2.29. The van der Waals surface area contributed by atoms with Crippen molar-refractivity contribution in [2.75, 3.05) is 18.5 Å². The predicted molar refractivity (Wildman–Crippen MR) is 98.8 cm³/mol. The molecular weight excluding hydrogens is 316 g/mol. The highest BCUT2D eigenvalue weighted by atomic mass is 16.5. The van der Waals surface area contributed by atoms with Gasteiger partial charge in [-0.25, -0.2) is 9.48 Å². The molecule has 2 saturated carbocycles. The van der Waals surface area contributed by atoms with Crippen molar-refractivity contribution < 1.29 is 9.53 Å². The Bertz CT molecular complexity index is 519. The fraction of sp³-hybridized carbons (Fsp3) is 0.789. The zero-order valence-corrected chi connectivity index (χ0v) is 15.2. The van der Waals surface area contributed by atoms with E-state index in [9.17, 15) is 4.79 Å². The van der Waals surface area contributed by atoms with Crippen molar-refractivity contribution in [2.24, 2.45) is 0 Å². The lowest BCUT2D eigenvalue weighted by Crippen LogP contribution is -2.32. The van der Waals surface area contributed by atoms with Gasteiger partial charge in [0, 0.05) is 19.2 Å². The molecule has 2 fully saturated rings. The Hall–Kier alpha value is -1.56. The Morgan fingerprint density at radius 2 is 1.84 bits per heavy atom. The molecule has 25 heavy (non-hydrogen) atoms. The molecule has 6 nitrogen and oxygen atoms in total. The molecule has 2 N–H and O–H groups in total. The van der Waals surface area contributed by atoms with E-state index in [1.165, 1.54) is 51.4 Å². The van der Waals surface area contributed by atoms with Crippen molar-refractivity contribution in [3.63, 3.8) is 0 Å². The number of urea groups is 1. The van der Waals surface area contributed by atoms with Gasteiger partial charge in [-0.3, -0.25) is 5.32 Å². The van der Waals surface area contributed by atoms with E-state index in [1.54, 1.807) is 6.20 Å². The van der Waals surface area contributed by atoms with Crippen LogP contribution in [0.1, 0.15) is 76.7 Å². The average molecular weight is 348 g/mol. The van der Waals surface area contributed by atoms with Crippen LogP contribution >= 0.6 is 0 Å². The molecule has 0 unspecified atom stereocenters. The summed E-state index contributed by atoms with van der Waals surface area (Å²) in [5, 5.41) is 10.3. The minimum atomic E-state index is -0.157. The fourth-order valence-corrected chi connectivity index (χ4v) is 3.95. The van der Waals surface area contributed by atoms with Gasteiger partial charge in [0.25, 0.3) is 0 Å². The molecule has 6 heteroatoms. The maximum atomic E-state index is 12.1. The van der Waals surface area contributed by atoms with Crippen LogP contribution in [0.4, 0.5) is 10.6 Å². The molecule has 0 aliphatic heterocycles. The first-order valence-electron chi connectivity index (χ1n) is 10.0. The zero-order valence-electron chi connectivity index (χ0n) is 15.2. The van der Waals surface area contributed by atoms with Gasteiger partial charge in [0.05, 0.1) is 18.3 Å². The van der Waals surface area contributed by atoms with Gasteiger partial charge in [-0.2, -0.15) is 5.10 Å². The van der Waals surface area contributed by atoms with Gasteiger partial charge >= 0.3 is 6.03 Å². The summed E-state index contributed by atoms with van der Waals surface area (Å²) in [5.41, 5.74) is 0. The molecule has 0 atom stereocenters. The number of carbonyl (C=O) groups is 1. The van der Waals surface area contributed by atoms with Crippen LogP contribution < -0.4 is 10.6 Å². The predicted octanol–water partition coefficient (Wildman–Crippen LogP) is 4.25. The van der Waals surface area contributed by atoms with E-state index in [4.69, 9.17) is 4.74 Å². The zero-order chi connectivity index (χ0) is 17.3. The first-order valence-corrected chi connectivity index (χ1v) is 10.0. The molecule has 0 spiro atoms. The van der Waals surface area contributed by atoms with Crippen LogP contribution in [0.2, 0.25) is 0 Å². The quantitative estimate of drug-likeness (QED) is 0.724. The first kappa shape index (κ1) is 18.2. The highest BCUT2D eigenvalue weighted by molar-refractivity contribution is 5.88. The van der Waals surface area contributed by atoms with E-state index in [0.717, 1.165) is 31.7 Å². The first-order chi connectivity index (χ1) is 12.3. The summed E-state index contributed by atoms with van der Waals surface area (Å²) in [7, 11) is 0. The normalized spacial score (nSPS) is 19.7. The molecule has 2 aliphatic carbocycles. The maximum absolute atomic E-state index is 12.1. The van der Waals surface area contributed by atoms with Gasteiger partial charge in [-0.05, 0) is 32.1 Å². The Balaban J connectivity index is 1.33. The fourth-order valence-electron chi connectivity index (χ4n) is 3.95. The van der Waals surface area contributed by atoms with Crippen LogP contribution in [0.25, 0.3) is 0 Å². The van der Waals surface area contributed by atoms with Crippen LogP contribution in [0.3, 0.4) is 0 Å². The number of nitrogens with zero attached hydrogens (tertiary/aromatic N) is 2. The average Bonchev–Trinajstić information content (AvgIpc) is 3.11. The number of ether oxygens (including phenoxy) is 1. The summed E-state index contributed by atoms with van der Waals surface area (Å²) in [6, 6.07) is 2.14. The van der Waals surface area contributed by atoms with Gasteiger partial charge in [-0.1, -0.05) is 38.5 Å². The van der Waals surface area contributed by atoms with Gasteiger partial charge in [-0.15, -0.1) is 0 Å². The van der Waals surface area contributed by atoms with E-state index < -0.39 is 0 Å². The molecule has 1 heterocycles. The van der Waals surface area contributed by atoms with E-state index >= 15 is 0 Å². The molecule has 2 amide bonds. The second kappa shape index (κ2) is 9.80. The van der Waals surface area contributed by atoms with E-state index in [-0.39, 0.29) is 6.03 Å². The summed E-state index contributed by atoms with van der Waals surface area (Å²) in [6.45, 7) is 1.36. The number of amides is 2. The third-order valence-electron chi connectivity index (χ3n) is 5.34. The van der Waals surface area contributed by atoms with Crippen molar-refractivity contribution in [1.82, 2.24) is 15.1 Å². The van der Waals surface area contributed by atoms with Crippen LogP contribution in [0.15, 0.2) is 12.3 Å². The summed E-state index contributed by atoms with van der Waals surface area (Å²) in [6.07, 6.45) is 15.5. The van der Waals surface area contributed by atoms with E-state index in [0.29, 0.717) is 18.7 Å². The van der Waals surface area contributed by atoms with E-state index in [2.05, 4.69) is 15.7 Å². The number of carbonyl (C=O) groups excluding carboxylic acids is 1. The molecule has 0 saturated heterocycles. The van der Waals surface area contributed by atoms with Crippen molar-refractivity contribution in [3.8, 4) is 0 Å². The number of aromatic nitrogens is 2. The number of anilines is 1. The van der Waals surface area contributed by atoms with Crippen LogP contribution in [0, 0.1) is 0 Å². The smallest absolute Gasteiger partial charge is 0.320 e. The van der Waals surface area contributed by atoms with Crippen molar-refractivity contribution >= 4 is 11.8 Å². The highest BCUT2D eigenvalue weighted by Gasteiger charge is 2.19. The third kappa shape index (κ3) is 5.73. The number of hydrogen-bond acceptors (Lipinski definition) is 3. The van der Waals surface area contributed by atoms with Gasteiger partial charge in [0.2, 0.25) is 0 Å². The lowest BCUT2D eigenvalue weighted by atomic mass is 9.96. The largest absolute Gasteiger partial charge is 0.378 e. The summed E-state index contributed by atoms with van der Waals surface area (Å²) >= 11 is 0. The van der Waals surface area contributed by atoms with Gasteiger partial charge < -0.3 is 10.1 Å². The monoisotopic (exact) mass is 348 g/mol. The minimum absolute atomic E-state index is 0.157. The lowest BCUT2D eigenvalue weighted by Gasteiger charge is -2.24. The minimum Gasteiger partial charge on any atom is -0.378 e. The Morgan fingerprint density at radius 3 is 2.60 bits per heavy atom. The van der Waals surface area contributed by atoms with E-state index in [1.807, 2.05) is 10.7 Å². The van der Waals surface area contributed by atoms with Crippen LogP contribution in [0.5, 0.6) is 0 Å². The number of rotatable bonds is 7. The van der Waals surface area contributed by atoms with Crippen LogP contribution in [-0.2, 0) is 4.74 Å². The van der Waals surface area contributed by atoms with Crippen molar-refractivity contribution in [1.29, 1.82) is 0 Å². The second-order valence-corrected chi connectivity index (χ2v) is 7.32. The Labute approximate surface area is 150 Å². The SMILES string of the molecule is O=C(NCCCOC1CCCCC1)Nc1ccnn1C1CCCCC1. The molecular formula is C19H32N4O2. The Kier molecular flexibility index (Phi) is 7.15. The Morgan fingerprint density at radius 1 is 1.12 bits per heavy atom. The molecule has 0 bridgehead atoms. The molecule has 0 radical (unpaired) electrons. The summed E-state index contributed by atoms with van der Waals surface area (Å²) in [4.78, 5) is 12.1. The molecule has 1 aromatic heterocycles. The van der Waals surface area contributed by atoms with Gasteiger partial charge in [0.1, 0.15) is 5.82 Å². The molecule has 3 rings (SSSR count).